The number of carbonyl (C=O) groups is 1. The van der Waals surface area contributed by atoms with Crippen LogP contribution < -0.4 is 0 Å². The van der Waals surface area contributed by atoms with Crippen LogP contribution in [0.25, 0.3) is 0 Å². The zero-order valence-corrected chi connectivity index (χ0v) is 8.76. The van der Waals surface area contributed by atoms with Crippen LogP contribution in [0.15, 0.2) is 0 Å². The first kappa shape index (κ1) is 11.6. The quantitative estimate of drug-likeness (QED) is 0.636. The average Bonchev–Trinajstić information content (AvgIpc) is 1.84. The molecule has 0 bridgehead atoms. The molecule has 0 fully saturated rings. The van der Waals surface area contributed by atoms with Gasteiger partial charge in [0.1, 0.15) is 5.78 Å². The van der Waals surface area contributed by atoms with Gasteiger partial charge in [-0.3, -0.25) is 4.79 Å². The minimum Gasteiger partial charge on any atom is -0.375 e. The van der Waals surface area contributed by atoms with Crippen molar-refractivity contribution in [2.75, 3.05) is 0 Å². The van der Waals surface area contributed by atoms with Gasteiger partial charge in [0.25, 0.3) is 0 Å². The van der Waals surface area contributed by atoms with Gasteiger partial charge in [-0.05, 0) is 20.8 Å². The molecule has 0 aliphatic rings. The molecule has 0 N–H and O–H groups in total. The van der Waals surface area contributed by atoms with Crippen LogP contribution in [0.4, 0.5) is 0 Å². The van der Waals surface area contributed by atoms with Crippen LogP contribution in [0.1, 0.15) is 41.0 Å². The molecule has 2 nitrogen and oxygen atoms in total. The first-order valence-corrected chi connectivity index (χ1v) is 4.61. The summed E-state index contributed by atoms with van der Waals surface area (Å²) in [6.07, 6.45) is 0.801. The highest BCUT2D eigenvalue weighted by molar-refractivity contribution is 5.80. The van der Waals surface area contributed by atoms with E-state index in [9.17, 15) is 4.79 Å². The Morgan fingerprint density at radius 2 is 1.67 bits per heavy atom. The van der Waals surface area contributed by atoms with Gasteiger partial charge in [0.05, 0.1) is 12.2 Å². The summed E-state index contributed by atoms with van der Waals surface area (Å²) < 4.78 is 5.45. The minimum atomic E-state index is 0.0555. The van der Waals surface area contributed by atoms with Crippen molar-refractivity contribution in [3.8, 4) is 0 Å². The molecule has 0 amide bonds. The molecule has 12 heavy (non-hydrogen) atoms. The van der Waals surface area contributed by atoms with Crippen molar-refractivity contribution in [2.24, 2.45) is 5.92 Å². The maximum atomic E-state index is 11.3. The fraction of sp³-hybridized carbons (Fsp3) is 0.900. The topological polar surface area (TPSA) is 26.3 Å². The monoisotopic (exact) mass is 172 g/mol. The fourth-order valence-electron chi connectivity index (χ4n) is 1.03. The Kier molecular flexibility index (Phi) is 5.14. The third-order valence-electron chi connectivity index (χ3n) is 1.64. The molecule has 0 aromatic heterocycles. The van der Waals surface area contributed by atoms with Gasteiger partial charge in [0.2, 0.25) is 0 Å². The maximum Gasteiger partial charge on any atom is 0.137 e. The number of carbonyl (C=O) groups excluding carboxylic acids is 1. The number of Topliss-reactive ketones (excluding diaryl/α,β-unsaturated/α-hetero) is 1. The molecule has 2 heteroatoms. The highest BCUT2D eigenvalue weighted by Gasteiger charge is 2.13. The van der Waals surface area contributed by atoms with Crippen molar-refractivity contribution in [1.82, 2.24) is 0 Å². The molecule has 0 rings (SSSR count). The van der Waals surface area contributed by atoms with E-state index in [2.05, 4.69) is 0 Å². The summed E-state index contributed by atoms with van der Waals surface area (Å²) in [4.78, 5) is 11.3. The van der Waals surface area contributed by atoms with Crippen molar-refractivity contribution < 1.29 is 9.53 Å². The van der Waals surface area contributed by atoms with Crippen LogP contribution in [-0.4, -0.2) is 18.0 Å². The van der Waals surface area contributed by atoms with E-state index < -0.39 is 0 Å². The lowest BCUT2D eigenvalue weighted by Crippen LogP contribution is -2.20. The first-order valence-electron chi connectivity index (χ1n) is 4.61. The number of hydrogen-bond donors (Lipinski definition) is 0. The normalized spacial score (nSPS) is 13.9. The van der Waals surface area contributed by atoms with Crippen LogP contribution in [0.3, 0.4) is 0 Å². The zero-order valence-electron chi connectivity index (χ0n) is 8.76. The summed E-state index contributed by atoms with van der Waals surface area (Å²) in [6.45, 7) is 9.75. The Balaban J connectivity index is 3.69. The molecule has 0 aromatic carbocycles. The molecule has 0 heterocycles. The molecule has 0 aliphatic heterocycles. The SMILES string of the molecule is CC(C)OC(C)CC(=O)C(C)C. The Morgan fingerprint density at radius 3 is 2.00 bits per heavy atom. The predicted octanol–water partition coefficient (Wildman–Crippen LogP) is 2.42. The predicted molar refractivity (Wildman–Crippen MR) is 50.1 cm³/mol. The van der Waals surface area contributed by atoms with E-state index in [1.165, 1.54) is 0 Å². The van der Waals surface area contributed by atoms with E-state index in [-0.39, 0.29) is 23.9 Å². The van der Waals surface area contributed by atoms with Crippen molar-refractivity contribution in [1.29, 1.82) is 0 Å². The van der Waals surface area contributed by atoms with E-state index in [0.29, 0.717) is 6.42 Å². The first-order chi connectivity index (χ1) is 5.43. The third kappa shape index (κ3) is 5.30. The van der Waals surface area contributed by atoms with Gasteiger partial charge in [-0.1, -0.05) is 13.8 Å². The summed E-state index contributed by atoms with van der Waals surface area (Å²) in [5, 5.41) is 0. The Hall–Kier alpha value is -0.370. The molecular weight excluding hydrogens is 152 g/mol. The van der Waals surface area contributed by atoms with E-state index in [4.69, 9.17) is 4.74 Å². The molecule has 1 unspecified atom stereocenters. The van der Waals surface area contributed by atoms with E-state index in [0.717, 1.165) is 0 Å². The zero-order chi connectivity index (χ0) is 9.72. The van der Waals surface area contributed by atoms with Crippen molar-refractivity contribution >= 4 is 5.78 Å². The van der Waals surface area contributed by atoms with Crippen molar-refractivity contribution in [3.05, 3.63) is 0 Å². The lowest BCUT2D eigenvalue weighted by molar-refractivity contribution is -0.125. The van der Waals surface area contributed by atoms with Crippen LogP contribution in [0.2, 0.25) is 0 Å². The average molecular weight is 172 g/mol. The van der Waals surface area contributed by atoms with E-state index in [1.807, 2.05) is 34.6 Å². The van der Waals surface area contributed by atoms with Gasteiger partial charge in [-0.25, -0.2) is 0 Å². The van der Waals surface area contributed by atoms with Gasteiger partial charge < -0.3 is 4.74 Å². The smallest absolute Gasteiger partial charge is 0.137 e. The van der Waals surface area contributed by atoms with Gasteiger partial charge in [-0.15, -0.1) is 0 Å². The molecule has 0 saturated heterocycles. The lowest BCUT2D eigenvalue weighted by atomic mass is 10.0. The van der Waals surface area contributed by atoms with Crippen LogP contribution in [0.5, 0.6) is 0 Å². The number of ether oxygens (including phenoxy) is 1. The largest absolute Gasteiger partial charge is 0.375 e. The number of ketones is 1. The van der Waals surface area contributed by atoms with Crippen LogP contribution >= 0.6 is 0 Å². The lowest BCUT2D eigenvalue weighted by Gasteiger charge is -2.16. The summed E-state index contributed by atoms with van der Waals surface area (Å²) in [5.41, 5.74) is 0. The second-order valence-corrected chi connectivity index (χ2v) is 3.82. The Bertz CT molecular complexity index is 139. The van der Waals surface area contributed by atoms with Gasteiger partial charge in [0, 0.05) is 12.3 Å². The molecule has 72 valence electrons. The van der Waals surface area contributed by atoms with Crippen molar-refractivity contribution in [2.45, 2.75) is 53.2 Å². The maximum absolute atomic E-state index is 11.3. The molecular formula is C10H20O2. The van der Waals surface area contributed by atoms with E-state index >= 15 is 0 Å². The van der Waals surface area contributed by atoms with Crippen molar-refractivity contribution in [3.63, 3.8) is 0 Å². The standard InChI is InChI=1S/C10H20O2/c1-7(2)10(11)6-9(5)12-8(3)4/h7-9H,6H2,1-5H3. The number of hydrogen-bond acceptors (Lipinski definition) is 2. The molecule has 1 atom stereocenters. The summed E-state index contributed by atoms with van der Waals surface area (Å²) in [6, 6.07) is 0. The number of rotatable bonds is 5. The Labute approximate surface area is 75.3 Å². The second kappa shape index (κ2) is 5.31. The second-order valence-electron chi connectivity index (χ2n) is 3.82. The van der Waals surface area contributed by atoms with Crippen LogP contribution in [0, 0.1) is 5.92 Å². The molecule has 0 aromatic rings. The van der Waals surface area contributed by atoms with Gasteiger partial charge >= 0.3 is 0 Å². The van der Waals surface area contributed by atoms with Crippen LogP contribution in [-0.2, 0) is 9.53 Å². The summed E-state index contributed by atoms with van der Waals surface area (Å²) in [5.74, 6) is 0.409. The fourth-order valence-corrected chi connectivity index (χ4v) is 1.03. The molecule has 0 saturated carbocycles. The third-order valence-corrected chi connectivity index (χ3v) is 1.64. The molecule has 0 spiro atoms. The molecule has 0 aliphatic carbocycles. The highest BCUT2D eigenvalue weighted by Crippen LogP contribution is 2.07. The summed E-state index contributed by atoms with van der Waals surface area (Å²) >= 11 is 0. The minimum absolute atomic E-state index is 0.0555. The van der Waals surface area contributed by atoms with E-state index in [1.54, 1.807) is 0 Å². The highest BCUT2D eigenvalue weighted by atomic mass is 16.5. The van der Waals surface area contributed by atoms with Gasteiger partial charge in [-0.2, -0.15) is 0 Å². The summed E-state index contributed by atoms with van der Waals surface area (Å²) in [7, 11) is 0. The Morgan fingerprint density at radius 1 is 1.17 bits per heavy atom. The van der Waals surface area contributed by atoms with Gasteiger partial charge in [0.15, 0.2) is 0 Å². The molecule has 0 radical (unpaired) electrons.